The molecule has 1 aliphatic rings. The van der Waals surface area contributed by atoms with Crippen LogP contribution in [-0.2, 0) is 24.1 Å². The fourth-order valence-electron chi connectivity index (χ4n) is 3.88. The van der Waals surface area contributed by atoms with E-state index in [0.29, 0.717) is 18.2 Å². The van der Waals surface area contributed by atoms with Crippen LogP contribution in [-0.4, -0.2) is 58.6 Å². The summed E-state index contributed by atoms with van der Waals surface area (Å²) in [4.78, 5) is 17.0. The number of carbonyl (C=O) groups excluding carboxylic acids is 1. The lowest BCUT2D eigenvalue weighted by molar-refractivity contribution is -0.132. The summed E-state index contributed by atoms with van der Waals surface area (Å²) >= 11 is 0. The number of hydrogen-bond donors (Lipinski definition) is 0. The summed E-state index contributed by atoms with van der Waals surface area (Å²) in [6.07, 6.45) is 3.16. The van der Waals surface area contributed by atoms with Crippen molar-refractivity contribution in [3.05, 3.63) is 71.6 Å². The van der Waals surface area contributed by atoms with Crippen molar-refractivity contribution < 1.29 is 9.21 Å². The lowest BCUT2D eigenvalue weighted by Gasteiger charge is -2.34. The molecule has 2 heterocycles. The second-order valence-corrected chi connectivity index (χ2v) is 8.01. The first kappa shape index (κ1) is 21.2. The van der Waals surface area contributed by atoms with Crippen molar-refractivity contribution in [1.29, 1.82) is 0 Å². The first-order valence-corrected chi connectivity index (χ1v) is 11.2. The molecule has 1 amide bonds. The van der Waals surface area contributed by atoms with Crippen LogP contribution >= 0.6 is 0 Å². The van der Waals surface area contributed by atoms with E-state index in [1.165, 1.54) is 11.1 Å². The van der Waals surface area contributed by atoms with Gasteiger partial charge in [-0.1, -0.05) is 49.4 Å². The molecular weight excluding hydrogens is 388 g/mol. The second-order valence-electron chi connectivity index (χ2n) is 8.01. The lowest BCUT2D eigenvalue weighted by Crippen LogP contribution is -2.49. The molecule has 0 radical (unpaired) electrons. The number of aryl methyl sites for hydroxylation is 2. The number of hydrogen-bond acceptors (Lipinski definition) is 5. The molecule has 3 aromatic rings. The first-order chi connectivity index (χ1) is 15.2. The van der Waals surface area contributed by atoms with Crippen molar-refractivity contribution in [2.75, 3.05) is 32.7 Å². The van der Waals surface area contributed by atoms with Gasteiger partial charge in [-0.3, -0.25) is 9.69 Å². The fourth-order valence-corrected chi connectivity index (χ4v) is 3.88. The van der Waals surface area contributed by atoms with Crippen molar-refractivity contribution in [3.8, 4) is 11.5 Å². The highest BCUT2D eigenvalue weighted by Gasteiger charge is 2.21. The zero-order chi connectivity index (χ0) is 21.5. The van der Waals surface area contributed by atoms with Gasteiger partial charge in [-0.15, -0.1) is 10.2 Å². The van der Waals surface area contributed by atoms with Crippen LogP contribution in [0.1, 0.15) is 30.4 Å². The van der Waals surface area contributed by atoms with E-state index in [9.17, 15) is 4.79 Å². The van der Waals surface area contributed by atoms with Crippen LogP contribution in [0.4, 0.5) is 0 Å². The van der Waals surface area contributed by atoms with Gasteiger partial charge >= 0.3 is 0 Å². The van der Waals surface area contributed by atoms with E-state index in [1.54, 1.807) is 0 Å². The summed E-state index contributed by atoms with van der Waals surface area (Å²) in [5, 5.41) is 8.33. The Hall–Kier alpha value is -2.99. The Kier molecular flexibility index (Phi) is 7.10. The SMILES string of the molecule is CCc1ccc(CCC(=O)N2CCN(CCc3nnc(-c4ccccc4)o3)CC2)cc1. The third kappa shape index (κ3) is 5.79. The molecular formula is C25H30N4O2. The number of amides is 1. The van der Waals surface area contributed by atoms with E-state index in [2.05, 4.69) is 46.3 Å². The number of nitrogens with zero attached hydrogens (tertiary/aromatic N) is 4. The molecule has 1 aliphatic heterocycles. The summed E-state index contributed by atoms with van der Waals surface area (Å²) in [7, 11) is 0. The quantitative estimate of drug-likeness (QED) is 0.559. The molecule has 0 unspecified atom stereocenters. The first-order valence-electron chi connectivity index (χ1n) is 11.2. The molecule has 1 saturated heterocycles. The molecule has 1 aromatic heterocycles. The van der Waals surface area contributed by atoms with Gasteiger partial charge in [0.05, 0.1) is 0 Å². The summed E-state index contributed by atoms with van der Waals surface area (Å²) in [5.41, 5.74) is 3.51. The number of piperazine rings is 1. The third-order valence-electron chi connectivity index (χ3n) is 5.91. The molecule has 4 rings (SSSR count). The fraction of sp³-hybridized carbons (Fsp3) is 0.400. The Balaban J connectivity index is 1.18. The van der Waals surface area contributed by atoms with Crippen LogP contribution in [0.15, 0.2) is 59.0 Å². The van der Waals surface area contributed by atoms with E-state index in [-0.39, 0.29) is 5.91 Å². The third-order valence-corrected chi connectivity index (χ3v) is 5.91. The number of carbonyl (C=O) groups is 1. The van der Waals surface area contributed by atoms with Gasteiger partial charge in [0.25, 0.3) is 0 Å². The number of rotatable bonds is 8. The molecule has 2 aromatic carbocycles. The second kappa shape index (κ2) is 10.4. The van der Waals surface area contributed by atoms with E-state index >= 15 is 0 Å². The summed E-state index contributed by atoms with van der Waals surface area (Å²) < 4.78 is 5.80. The van der Waals surface area contributed by atoms with Gasteiger partial charge in [0, 0.05) is 51.1 Å². The Morgan fingerprint density at radius 2 is 1.61 bits per heavy atom. The average molecular weight is 419 g/mol. The summed E-state index contributed by atoms with van der Waals surface area (Å²) in [5.74, 6) is 1.48. The monoisotopic (exact) mass is 418 g/mol. The minimum absolute atomic E-state index is 0.253. The van der Waals surface area contributed by atoms with Gasteiger partial charge in [-0.05, 0) is 36.1 Å². The van der Waals surface area contributed by atoms with E-state index < -0.39 is 0 Å². The van der Waals surface area contributed by atoms with Crippen LogP contribution in [0, 0.1) is 0 Å². The molecule has 0 saturated carbocycles. The zero-order valence-corrected chi connectivity index (χ0v) is 18.2. The van der Waals surface area contributed by atoms with E-state index in [0.717, 1.165) is 57.5 Å². The van der Waals surface area contributed by atoms with Crippen LogP contribution in [0.25, 0.3) is 11.5 Å². The molecule has 0 spiro atoms. The molecule has 1 fully saturated rings. The highest BCUT2D eigenvalue weighted by molar-refractivity contribution is 5.76. The number of aromatic nitrogens is 2. The summed E-state index contributed by atoms with van der Waals surface area (Å²) in [6, 6.07) is 18.4. The average Bonchev–Trinajstić information content (AvgIpc) is 3.31. The van der Waals surface area contributed by atoms with Crippen LogP contribution in [0.3, 0.4) is 0 Å². The van der Waals surface area contributed by atoms with Gasteiger partial charge < -0.3 is 9.32 Å². The summed E-state index contributed by atoms with van der Waals surface area (Å²) in [6.45, 7) is 6.36. The highest BCUT2D eigenvalue weighted by atomic mass is 16.4. The minimum Gasteiger partial charge on any atom is -0.421 e. The zero-order valence-electron chi connectivity index (χ0n) is 18.2. The normalized spacial score (nSPS) is 14.7. The molecule has 6 heteroatoms. The Morgan fingerprint density at radius 3 is 2.32 bits per heavy atom. The van der Waals surface area contributed by atoms with Crippen LogP contribution in [0.2, 0.25) is 0 Å². The molecule has 0 N–H and O–H groups in total. The smallest absolute Gasteiger partial charge is 0.247 e. The maximum Gasteiger partial charge on any atom is 0.247 e. The van der Waals surface area contributed by atoms with E-state index in [4.69, 9.17) is 4.42 Å². The maximum absolute atomic E-state index is 12.6. The Morgan fingerprint density at radius 1 is 0.903 bits per heavy atom. The van der Waals surface area contributed by atoms with Crippen LogP contribution in [0.5, 0.6) is 0 Å². The lowest BCUT2D eigenvalue weighted by atomic mass is 10.1. The minimum atomic E-state index is 0.253. The van der Waals surface area contributed by atoms with Crippen molar-refractivity contribution in [3.63, 3.8) is 0 Å². The standard InChI is InChI=1S/C25H30N4O2/c1-2-20-8-10-21(11-9-20)12-13-24(30)29-18-16-28(17-19-29)15-14-23-26-27-25(31-23)22-6-4-3-5-7-22/h3-11H,2,12-19H2,1H3. The molecule has 6 nitrogen and oxygen atoms in total. The van der Waals surface area contributed by atoms with Crippen molar-refractivity contribution >= 4 is 5.91 Å². The van der Waals surface area contributed by atoms with Crippen molar-refractivity contribution in [1.82, 2.24) is 20.0 Å². The van der Waals surface area contributed by atoms with Gasteiger partial charge in [0.15, 0.2) is 0 Å². The Bertz CT molecular complexity index is 961. The predicted molar refractivity (Wildman–Crippen MR) is 121 cm³/mol. The molecule has 0 atom stereocenters. The van der Waals surface area contributed by atoms with Crippen molar-refractivity contribution in [2.45, 2.75) is 32.6 Å². The van der Waals surface area contributed by atoms with Crippen molar-refractivity contribution in [2.24, 2.45) is 0 Å². The van der Waals surface area contributed by atoms with Gasteiger partial charge in [0.1, 0.15) is 0 Å². The van der Waals surface area contributed by atoms with Gasteiger partial charge in [-0.25, -0.2) is 0 Å². The largest absolute Gasteiger partial charge is 0.421 e. The highest BCUT2D eigenvalue weighted by Crippen LogP contribution is 2.17. The van der Waals surface area contributed by atoms with Gasteiger partial charge in [0.2, 0.25) is 17.7 Å². The van der Waals surface area contributed by atoms with E-state index in [1.807, 2.05) is 35.2 Å². The topological polar surface area (TPSA) is 62.5 Å². The Labute approximate surface area is 183 Å². The predicted octanol–water partition coefficient (Wildman–Crippen LogP) is 3.62. The molecule has 31 heavy (non-hydrogen) atoms. The number of benzene rings is 2. The van der Waals surface area contributed by atoms with Crippen LogP contribution < -0.4 is 0 Å². The molecule has 0 bridgehead atoms. The maximum atomic E-state index is 12.6. The molecule has 0 aliphatic carbocycles. The molecule has 162 valence electrons. The van der Waals surface area contributed by atoms with Gasteiger partial charge in [-0.2, -0.15) is 0 Å².